The molecule has 11 heavy (non-hydrogen) atoms. The van der Waals surface area contributed by atoms with Gasteiger partial charge in [0.1, 0.15) is 5.69 Å². The van der Waals surface area contributed by atoms with Crippen molar-refractivity contribution >= 4 is 34.6 Å². The monoisotopic (exact) mass is 192 g/mol. The van der Waals surface area contributed by atoms with Gasteiger partial charge >= 0.3 is 0 Å². The molecule has 58 valence electrons. The van der Waals surface area contributed by atoms with Crippen LogP contribution in [-0.2, 0) is 0 Å². The second kappa shape index (κ2) is 2.98. The first kappa shape index (κ1) is 8.16. The highest BCUT2D eigenvalue weighted by Gasteiger charge is 2.11. The van der Waals surface area contributed by atoms with Crippen LogP contribution < -0.4 is 5.73 Å². The van der Waals surface area contributed by atoms with E-state index >= 15 is 0 Å². The van der Waals surface area contributed by atoms with E-state index in [0.29, 0.717) is 0 Å². The molecule has 1 aromatic rings. The Morgan fingerprint density at radius 3 is 2.27 bits per heavy atom. The number of nitrogens with zero attached hydrogens (tertiary/aromatic N) is 3. The molecule has 0 aliphatic heterocycles. The van der Waals surface area contributed by atoms with Gasteiger partial charge in [-0.05, 0) is 5.18 Å². The molecule has 1 aromatic heterocycles. The number of nitrogens with two attached hydrogens (primary N) is 1. The van der Waals surface area contributed by atoms with E-state index in [1.165, 1.54) is 0 Å². The molecule has 0 saturated carbocycles. The number of halogens is 2. The summed E-state index contributed by atoms with van der Waals surface area (Å²) in [7, 11) is 0. The van der Waals surface area contributed by atoms with Crippen LogP contribution in [-0.4, -0.2) is 10.2 Å². The third kappa shape index (κ3) is 1.38. The predicted octanol–water partition coefficient (Wildman–Crippen LogP) is 1.76. The summed E-state index contributed by atoms with van der Waals surface area (Å²) >= 11 is 10.8. The van der Waals surface area contributed by atoms with Crippen LogP contribution in [0.25, 0.3) is 0 Å². The summed E-state index contributed by atoms with van der Waals surface area (Å²) in [6.07, 6.45) is 0. The Morgan fingerprint density at radius 2 is 1.82 bits per heavy atom. The zero-order chi connectivity index (χ0) is 8.43. The molecular formula is C4H2Cl2N4O. The van der Waals surface area contributed by atoms with Crippen molar-refractivity contribution in [2.45, 2.75) is 0 Å². The van der Waals surface area contributed by atoms with Crippen LogP contribution in [0.2, 0.25) is 10.3 Å². The Bertz CT molecular complexity index is 302. The first-order chi connectivity index (χ1) is 5.16. The van der Waals surface area contributed by atoms with Gasteiger partial charge in [-0.2, -0.15) is 0 Å². The molecule has 7 heteroatoms. The first-order valence-corrected chi connectivity index (χ1v) is 3.23. The van der Waals surface area contributed by atoms with Crippen molar-refractivity contribution in [2.24, 2.45) is 5.18 Å². The fourth-order valence-corrected chi connectivity index (χ4v) is 0.786. The highest BCUT2D eigenvalue weighted by Crippen LogP contribution is 2.32. The number of hydrogen-bond donors (Lipinski definition) is 1. The summed E-state index contributed by atoms with van der Waals surface area (Å²) < 4.78 is 0. The van der Waals surface area contributed by atoms with Crippen LogP contribution in [0.4, 0.5) is 11.4 Å². The van der Waals surface area contributed by atoms with Crippen LogP contribution in [0.1, 0.15) is 0 Å². The summed E-state index contributed by atoms with van der Waals surface area (Å²) in [5, 5.41) is 8.97. The lowest BCUT2D eigenvalue weighted by molar-refractivity contribution is 1.03. The highest BCUT2D eigenvalue weighted by molar-refractivity contribution is 6.35. The van der Waals surface area contributed by atoms with Gasteiger partial charge in [-0.1, -0.05) is 23.2 Å². The smallest absolute Gasteiger partial charge is 0.183 e. The maximum Gasteiger partial charge on any atom is 0.183 e. The van der Waals surface area contributed by atoms with Crippen molar-refractivity contribution in [3.63, 3.8) is 0 Å². The molecule has 0 spiro atoms. The number of aromatic nitrogens is 2. The van der Waals surface area contributed by atoms with Crippen LogP contribution in [0.15, 0.2) is 5.18 Å². The van der Waals surface area contributed by atoms with E-state index in [1.807, 2.05) is 0 Å². The summed E-state index contributed by atoms with van der Waals surface area (Å²) in [5.41, 5.74) is 5.05. The van der Waals surface area contributed by atoms with Gasteiger partial charge < -0.3 is 5.73 Å². The molecule has 0 bridgehead atoms. The summed E-state index contributed by atoms with van der Waals surface area (Å²) in [5.74, 6) is 0. The molecule has 1 heterocycles. The normalized spacial score (nSPS) is 9.64. The zero-order valence-electron chi connectivity index (χ0n) is 5.08. The zero-order valence-corrected chi connectivity index (χ0v) is 6.60. The maximum atomic E-state index is 10.1. The quantitative estimate of drug-likeness (QED) is 0.688. The average molecular weight is 193 g/mol. The molecule has 2 N–H and O–H groups in total. The predicted molar refractivity (Wildman–Crippen MR) is 41.9 cm³/mol. The van der Waals surface area contributed by atoms with E-state index in [4.69, 9.17) is 28.9 Å². The molecule has 0 atom stereocenters. The van der Waals surface area contributed by atoms with Gasteiger partial charge in [0.2, 0.25) is 0 Å². The van der Waals surface area contributed by atoms with Crippen LogP contribution in [0.5, 0.6) is 0 Å². The molecule has 0 aliphatic carbocycles. The van der Waals surface area contributed by atoms with Gasteiger partial charge in [0.25, 0.3) is 0 Å². The van der Waals surface area contributed by atoms with Crippen LogP contribution in [0, 0.1) is 4.91 Å². The molecule has 0 radical (unpaired) electrons. The molecule has 0 aliphatic rings. The SMILES string of the molecule is Nc1c(Cl)nnc(Cl)c1N=O. The number of nitroso groups, excluding NO2 is 1. The second-order valence-corrected chi connectivity index (χ2v) is 2.35. The van der Waals surface area contributed by atoms with Crippen LogP contribution in [0.3, 0.4) is 0 Å². The molecule has 0 unspecified atom stereocenters. The molecule has 0 fully saturated rings. The van der Waals surface area contributed by atoms with Gasteiger partial charge in [0.05, 0.1) is 0 Å². The van der Waals surface area contributed by atoms with Crippen molar-refractivity contribution < 1.29 is 0 Å². The average Bonchev–Trinajstić information content (AvgIpc) is 1.99. The molecule has 0 saturated heterocycles. The van der Waals surface area contributed by atoms with E-state index < -0.39 is 0 Å². The molecule has 0 aromatic carbocycles. The summed E-state index contributed by atoms with van der Waals surface area (Å²) in [6.45, 7) is 0. The third-order valence-electron chi connectivity index (χ3n) is 0.990. The molecular weight excluding hydrogens is 191 g/mol. The Labute approximate surface area is 71.5 Å². The molecule has 0 amide bonds. The number of anilines is 1. The lowest BCUT2D eigenvalue weighted by Crippen LogP contribution is -1.93. The van der Waals surface area contributed by atoms with Crippen molar-refractivity contribution in [1.29, 1.82) is 0 Å². The first-order valence-electron chi connectivity index (χ1n) is 2.47. The standard InChI is InChI=1S/C4H2Cl2N4O/c5-3-1(7)2(10-11)4(6)9-8-3/h(H2,7,9). The lowest BCUT2D eigenvalue weighted by Gasteiger charge is -1.97. The Morgan fingerprint density at radius 1 is 1.27 bits per heavy atom. The van der Waals surface area contributed by atoms with Gasteiger partial charge in [-0.15, -0.1) is 15.1 Å². The minimum atomic E-state index is -0.174. The Balaban J connectivity index is 3.40. The number of rotatable bonds is 1. The summed E-state index contributed by atoms with van der Waals surface area (Å²) in [6, 6.07) is 0. The Hall–Kier alpha value is -0.940. The number of hydrogen-bond acceptors (Lipinski definition) is 5. The van der Waals surface area contributed by atoms with Crippen molar-refractivity contribution in [3.05, 3.63) is 15.2 Å². The lowest BCUT2D eigenvalue weighted by atomic mass is 10.4. The third-order valence-corrected chi connectivity index (χ3v) is 1.52. The minimum Gasteiger partial charge on any atom is -0.394 e. The topological polar surface area (TPSA) is 81.2 Å². The fourth-order valence-electron chi connectivity index (χ4n) is 0.485. The second-order valence-electron chi connectivity index (χ2n) is 1.64. The number of nitrogen functional groups attached to an aromatic ring is 1. The van der Waals surface area contributed by atoms with E-state index in [1.54, 1.807) is 0 Å². The summed E-state index contributed by atoms with van der Waals surface area (Å²) in [4.78, 5) is 10.1. The van der Waals surface area contributed by atoms with Gasteiger partial charge in [-0.3, -0.25) is 0 Å². The largest absolute Gasteiger partial charge is 0.394 e. The highest BCUT2D eigenvalue weighted by atomic mass is 35.5. The van der Waals surface area contributed by atoms with E-state index in [-0.39, 0.29) is 21.7 Å². The maximum absolute atomic E-state index is 10.1. The van der Waals surface area contributed by atoms with Crippen LogP contribution >= 0.6 is 23.2 Å². The molecule has 1 rings (SSSR count). The van der Waals surface area contributed by atoms with E-state index in [9.17, 15) is 4.91 Å². The van der Waals surface area contributed by atoms with Crippen molar-refractivity contribution in [2.75, 3.05) is 5.73 Å². The fraction of sp³-hybridized carbons (Fsp3) is 0. The van der Waals surface area contributed by atoms with Gasteiger partial charge in [-0.25, -0.2) is 0 Å². The van der Waals surface area contributed by atoms with Gasteiger partial charge in [0.15, 0.2) is 16.0 Å². The molecule has 5 nitrogen and oxygen atoms in total. The minimum absolute atomic E-state index is 0.0540. The van der Waals surface area contributed by atoms with Gasteiger partial charge in [0, 0.05) is 0 Å². The van der Waals surface area contributed by atoms with E-state index in [0.717, 1.165) is 0 Å². The van der Waals surface area contributed by atoms with Crippen molar-refractivity contribution in [3.8, 4) is 0 Å². The Kier molecular flexibility index (Phi) is 2.21. The van der Waals surface area contributed by atoms with Crippen molar-refractivity contribution in [1.82, 2.24) is 10.2 Å². The van der Waals surface area contributed by atoms with E-state index in [2.05, 4.69) is 15.4 Å².